The fourth-order valence-corrected chi connectivity index (χ4v) is 4.31. The maximum atomic E-state index is 13.0. The number of carbonyl (C=O) groups is 1. The van der Waals surface area contributed by atoms with Crippen molar-refractivity contribution in [3.05, 3.63) is 66.3 Å². The van der Waals surface area contributed by atoms with Gasteiger partial charge in [0.15, 0.2) is 11.5 Å². The van der Waals surface area contributed by atoms with E-state index in [4.69, 9.17) is 9.26 Å². The molecule has 4 heterocycles. The Bertz CT molecular complexity index is 1440. The van der Waals surface area contributed by atoms with Crippen LogP contribution in [0.2, 0.25) is 0 Å². The maximum absolute atomic E-state index is 13.0. The van der Waals surface area contributed by atoms with Crippen LogP contribution in [0.3, 0.4) is 0 Å². The number of aromatic amines is 2. The minimum atomic E-state index is -0.327. The van der Waals surface area contributed by atoms with Crippen molar-refractivity contribution in [2.75, 3.05) is 31.6 Å². The number of fused-ring (bicyclic) bond motifs is 2. The molecule has 1 amide bonds. The highest BCUT2D eigenvalue weighted by Crippen LogP contribution is 2.34. The van der Waals surface area contributed by atoms with Crippen LogP contribution in [0.15, 0.2) is 59.4 Å². The zero-order chi connectivity index (χ0) is 22.2. The first-order chi connectivity index (χ1) is 16.2. The number of nitrogens with one attached hydrogen (secondary N) is 3. The lowest BCUT2D eigenvalue weighted by atomic mass is 9.99. The molecule has 3 aromatic heterocycles. The van der Waals surface area contributed by atoms with Gasteiger partial charge in [-0.15, -0.1) is 0 Å². The van der Waals surface area contributed by atoms with Crippen LogP contribution in [0, 0.1) is 0 Å². The third-order valence-electron chi connectivity index (χ3n) is 5.99. The zero-order valence-corrected chi connectivity index (χ0v) is 17.8. The van der Waals surface area contributed by atoms with Gasteiger partial charge in [0.2, 0.25) is 0 Å². The van der Waals surface area contributed by atoms with E-state index < -0.39 is 0 Å². The fourth-order valence-electron chi connectivity index (χ4n) is 4.31. The quantitative estimate of drug-likeness (QED) is 0.382. The van der Waals surface area contributed by atoms with Crippen LogP contribution >= 0.6 is 0 Å². The number of anilines is 1. The molecule has 9 heteroatoms. The van der Waals surface area contributed by atoms with Crippen LogP contribution in [0.25, 0.3) is 32.9 Å². The summed E-state index contributed by atoms with van der Waals surface area (Å²) >= 11 is 0. The number of carbonyl (C=O) groups excluding carboxylic acids is 1. The molecule has 2 aromatic carbocycles. The number of nitrogens with zero attached hydrogens (tertiary/aromatic N) is 3. The summed E-state index contributed by atoms with van der Waals surface area (Å²) in [6, 6.07) is 13.9. The number of amides is 1. The molecule has 0 bridgehead atoms. The molecule has 1 aliphatic rings. The van der Waals surface area contributed by atoms with Gasteiger partial charge >= 0.3 is 0 Å². The highest BCUT2D eigenvalue weighted by atomic mass is 16.5. The smallest absolute Gasteiger partial charge is 0.277 e. The van der Waals surface area contributed by atoms with Gasteiger partial charge in [0, 0.05) is 41.6 Å². The first-order valence-corrected chi connectivity index (χ1v) is 10.9. The van der Waals surface area contributed by atoms with Crippen LogP contribution in [-0.2, 0) is 11.3 Å². The maximum Gasteiger partial charge on any atom is 0.277 e. The fraction of sp³-hybridized carbons (Fsp3) is 0.208. The van der Waals surface area contributed by atoms with Gasteiger partial charge in [-0.1, -0.05) is 17.3 Å². The molecule has 5 aromatic rings. The second kappa shape index (κ2) is 8.19. The van der Waals surface area contributed by atoms with Crippen molar-refractivity contribution in [3.8, 4) is 11.1 Å². The molecule has 0 atom stereocenters. The molecular weight excluding hydrogens is 420 g/mol. The Balaban J connectivity index is 1.29. The van der Waals surface area contributed by atoms with Crippen LogP contribution in [0.4, 0.5) is 5.69 Å². The second-order valence-corrected chi connectivity index (χ2v) is 8.12. The number of H-pyrrole nitrogens is 2. The predicted octanol–water partition coefficient (Wildman–Crippen LogP) is 3.78. The van der Waals surface area contributed by atoms with Crippen molar-refractivity contribution in [1.29, 1.82) is 0 Å². The SMILES string of the molecule is O=C(Nc1cc(-c2cccc3[nH]ccc23)cc2[nH]ncc12)c1cc(CN2CCOCC2)on1. The summed E-state index contributed by atoms with van der Waals surface area (Å²) in [4.78, 5) is 18.5. The summed E-state index contributed by atoms with van der Waals surface area (Å²) in [6.45, 7) is 3.68. The second-order valence-electron chi connectivity index (χ2n) is 8.12. The number of morpholine rings is 1. The molecule has 3 N–H and O–H groups in total. The third-order valence-corrected chi connectivity index (χ3v) is 5.99. The Morgan fingerprint density at radius 1 is 1.09 bits per heavy atom. The summed E-state index contributed by atoms with van der Waals surface area (Å²) in [5.74, 6) is 0.329. The molecule has 1 saturated heterocycles. The average Bonchev–Trinajstić information content (AvgIpc) is 3.60. The molecule has 1 fully saturated rings. The van der Waals surface area contributed by atoms with Crippen LogP contribution < -0.4 is 5.32 Å². The van der Waals surface area contributed by atoms with Crippen molar-refractivity contribution >= 4 is 33.4 Å². The van der Waals surface area contributed by atoms with E-state index in [1.54, 1.807) is 12.3 Å². The van der Waals surface area contributed by atoms with E-state index in [2.05, 4.69) is 36.6 Å². The Morgan fingerprint density at radius 2 is 2.00 bits per heavy atom. The number of rotatable bonds is 5. The summed E-state index contributed by atoms with van der Waals surface area (Å²) in [5, 5.41) is 16.1. The van der Waals surface area contributed by atoms with Gasteiger partial charge < -0.3 is 19.6 Å². The average molecular weight is 442 g/mol. The largest absolute Gasteiger partial charge is 0.379 e. The Morgan fingerprint density at radius 3 is 2.91 bits per heavy atom. The summed E-state index contributed by atoms with van der Waals surface area (Å²) < 4.78 is 10.8. The van der Waals surface area contributed by atoms with Crippen LogP contribution in [0.5, 0.6) is 0 Å². The van der Waals surface area contributed by atoms with E-state index in [1.807, 2.05) is 36.5 Å². The van der Waals surface area contributed by atoms with Gasteiger partial charge in [-0.2, -0.15) is 5.10 Å². The number of hydrogen-bond acceptors (Lipinski definition) is 6. The molecule has 6 rings (SSSR count). The molecule has 0 spiro atoms. The van der Waals surface area contributed by atoms with Crippen molar-refractivity contribution in [3.63, 3.8) is 0 Å². The van der Waals surface area contributed by atoms with Gasteiger partial charge in [-0.05, 0) is 35.4 Å². The van der Waals surface area contributed by atoms with Crippen molar-refractivity contribution in [2.45, 2.75) is 6.54 Å². The van der Waals surface area contributed by atoms with Crippen LogP contribution in [-0.4, -0.2) is 57.4 Å². The molecular formula is C24H22N6O3. The van der Waals surface area contributed by atoms with Gasteiger partial charge in [0.1, 0.15) is 0 Å². The lowest BCUT2D eigenvalue weighted by Gasteiger charge is -2.25. The Hall–Kier alpha value is -3.95. The van der Waals surface area contributed by atoms with E-state index in [0.717, 1.165) is 46.0 Å². The first kappa shape index (κ1) is 19.7. The van der Waals surface area contributed by atoms with E-state index >= 15 is 0 Å². The third kappa shape index (κ3) is 3.77. The topological polar surface area (TPSA) is 112 Å². The molecule has 9 nitrogen and oxygen atoms in total. The molecule has 166 valence electrons. The van der Waals surface area contributed by atoms with E-state index in [9.17, 15) is 4.79 Å². The normalized spacial score (nSPS) is 14.8. The minimum absolute atomic E-state index is 0.244. The van der Waals surface area contributed by atoms with Crippen molar-refractivity contribution < 1.29 is 14.1 Å². The Kier molecular flexibility index (Phi) is 4.89. The van der Waals surface area contributed by atoms with E-state index in [0.29, 0.717) is 31.2 Å². The molecule has 33 heavy (non-hydrogen) atoms. The number of ether oxygens (including phenoxy) is 1. The molecule has 0 saturated carbocycles. The van der Waals surface area contributed by atoms with Gasteiger partial charge in [-0.25, -0.2) is 0 Å². The molecule has 1 aliphatic heterocycles. The summed E-state index contributed by atoms with van der Waals surface area (Å²) in [7, 11) is 0. The first-order valence-electron chi connectivity index (χ1n) is 10.9. The van der Waals surface area contributed by atoms with Gasteiger partial charge in [-0.3, -0.25) is 14.8 Å². The zero-order valence-electron chi connectivity index (χ0n) is 17.8. The van der Waals surface area contributed by atoms with Crippen LogP contribution in [0.1, 0.15) is 16.2 Å². The van der Waals surface area contributed by atoms with Crippen molar-refractivity contribution in [1.82, 2.24) is 25.2 Å². The van der Waals surface area contributed by atoms with Crippen molar-refractivity contribution in [2.24, 2.45) is 0 Å². The van der Waals surface area contributed by atoms with Gasteiger partial charge in [0.25, 0.3) is 5.91 Å². The van der Waals surface area contributed by atoms with Gasteiger partial charge in [0.05, 0.1) is 37.2 Å². The lowest BCUT2D eigenvalue weighted by molar-refractivity contribution is 0.0305. The molecule has 0 unspecified atom stereocenters. The number of hydrogen-bond donors (Lipinski definition) is 3. The predicted molar refractivity (Wildman–Crippen MR) is 124 cm³/mol. The minimum Gasteiger partial charge on any atom is -0.379 e. The number of benzene rings is 2. The monoisotopic (exact) mass is 442 g/mol. The highest BCUT2D eigenvalue weighted by molar-refractivity contribution is 6.09. The Labute approximate surface area is 188 Å². The molecule has 0 aliphatic carbocycles. The summed E-state index contributed by atoms with van der Waals surface area (Å²) in [6.07, 6.45) is 3.63. The van der Waals surface area contributed by atoms with E-state index in [-0.39, 0.29) is 11.6 Å². The van der Waals surface area contributed by atoms with E-state index in [1.165, 1.54) is 0 Å². The number of aromatic nitrogens is 4. The lowest BCUT2D eigenvalue weighted by Crippen LogP contribution is -2.35. The highest BCUT2D eigenvalue weighted by Gasteiger charge is 2.18. The summed E-state index contributed by atoms with van der Waals surface area (Å²) in [5.41, 5.74) is 4.83. The molecule has 0 radical (unpaired) electrons. The standard InChI is InChI=1S/C24H22N6O3/c31-24(23-12-16(33-29-23)14-30-6-8-32-9-7-30)27-21-10-15(11-22-19(21)13-26-28-22)17-2-1-3-20-18(17)4-5-25-20/h1-5,10-13,25H,6-9,14H2,(H,26,28)(H,27,31).